The first-order valence-electron chi connectivity index (χ1n) is 6.20. The normalized spacial score (nSPS) is 22.1. The second-order valence-corrected chi connectivity index (χ2v) is 5.00. The fraction of sp³-hybridized carbons (Fsp3) is 0.462. The summed E-state index contributed by atoms with van der Waals surface area (Å²) < 4.78 is 38.1. The van der Waals surface area contributed by atoms with Gasteiger partial charge in [-0.15, -0.1) is 0 Å². The average molecular weight is 299 g/mol. The van der Waals surface area contributed by atoms with Crippen LogP contribution in [0.2, 0.25) is 0 Å². The molecular formula is C13H12F3N3O2. The van der Waals surface area contributed by atoms with Gasteiger partial charge in [-0.05, 0) is 18.1 Å². The van der Waals surface area contributed by atoms with E-state index in [0.29, 0.717) is 0 Å². The van der Waals surface area contributed by atoms with Crippen LogP contribution in [-0.4, -0.2) is 29.1 Å². The molecule has 5 nitrogen and oxygen atoms in total. The Morgan fingerprint density at radius 2 is 2.14 bits per heavy atom. The molecule has 2 rings (SSSR count). The van der Waals surface area contributed by atoms with Crippen molar-refractivity contribution in [1.82, 2.24) is 4.98 Å². The highest BCUT2D eigenvalue weighted by atomic mass is 19.4. The van der Waals surface area contributed by atoms with E-state index in [4.69, 9.17) is 10.4 Å². The predicted octanol–water partition coefficient (Wildman–Crippen LogP) is 2.13. The summed E-state index contributed by atoms with van der Waals surface area (Å²) in [7, 11) is 0. The number of hydrogen-bond acceptors (Lipinski definition) is 4. The van der Waals surface area contributed by atoms with Crippen LogP contribution >= 0.6 is 0 Å². The molecule has 21 heavy (non-hydrogen) atoms. The molecule has 2 heterocycles. The summed E-state index contributed by atoms with van der Waals surface area (Å²) in [6.07, 6.45) is -4.61. The smallest absolute Gasteiger partial charge is 0.433 e. The van der Waals surface area contributed by atoms with Crippen LogP contribution in [0.5, 0.6) is 0 Å². The third kappa shape index (κ3) is 2.91. The second kappa shape index (κ2) is 5.24. The molecule has 0 saturated carbocycles. The summed E-state index contributed by atoms with van der Waals surface area (Å²) in [5.74, 6) is -2.03. The second-order valence-electron chi connectivity index (χ2n) is 5.00. The summed E-state index contributed by atoms with van der Waals surface area (Å²) >= 11 is 0. The van der Waals surface area contributed by atoms with Crippen molar-refractivity contribution >= 4 is 11.8 Å². The third-order valence-electron chi connectivity index (χ3n) is 3.52. The quantitative estimate of drug-likeness (QED) is 0.905. The van der Waals surface area contributed by atoms with Gasteiger partial charge in [0, 0.05) is 13.1 Å². The maximum absolute atomic E-state index is 12.7. The minimum Gasteiger partial charge on any atom is -0.481 e. The molecule has 2 unspecified atom stereocenters. The lowest BCUT2D eigenvalue weighted by atomic mass is 9.99. The number of aliphatic carboxylic acids is 1. The average Bonchev–Trinajstić information content (AvgIpc) is 2.79. The number of anilines is 1. The van der Waals surface area contributed by atoms with Crippen molar-refractivity contribution in [2.24, 2.45) is 11.8 Å². The molecule has 1 N–H and O–H groups in total. The number of hydrogen-bond donors (Lipinski definition) is 1. The van der Waals surface area contributed by atoms with E-state index in [9.17, 15) is 18.0 Å². The van der Waals surface area contributed by atoms with E-state index in [1.807, 2.05) is 0 Å². The molecule has 1 fully saturated rings. The molecule has 0 bridgehead atoms. The summed E-state index contributed by atoms with van der Waals surface area (Å²) in [6, 6.07) is 3.60. The predicted molar refractivity (Wildman–Crippen MR) is 66.5 cm³/mol. The van der Waals surface area contributed by atoms with Crippen LogP contribution in [-0.2, 0) is 11.0 Å². The number of carboxylic acids is 1. The van der Waals surface area contributed by atoms with Gasteiger partial charge in [0.15, 0.2) is 0 Å². The molecule has 112 valence electrons. The maximum atomic E-state index is 12.7. The number of aromatic nitrogens is 1. The van der Waals surface area contributed by atoms with Crippen molar-refractivity contribution in [3.63, 3.8) is 0 Å². The van der Waals surface area contributed by atoms with Crippen LogP contribution in [0.4, 0.5) is 19.0 Å². The number of pyridine rings is 1. The van der Waals surface area contributed by atoms with E-state index in [-0.39, 0.29) is 30.4 Å². The number of halogens is 3. The zero-order valence-corrected chi connectivity index (χ0v) is 11.1. The topological polar surface area (TPSA) is 77.2 Å². The van der Waals surface area contributed by atoms with Crippen LogP contribution in [0, 0.1) is 23.2 Å². The van der Waals surface area contributed by atoms with Crippen molar-refractivity contribution in [3.8, 4) is 6.07 Å². The van der Waals surface area contributed by atoms with E-state index < -0.39 is 23.8 Å². The van der Waals surface area contributed by atoms with Crippen molar-refractivity contribution in [3.05, 3.63) is 23.4 Å². The van der Waals surface area contributed by atoms with Crippen molar-refractivity contribution in [2.45, 2.75) is 13.1 Å². The van der Waals surface area contributed by atoms with Crippen LogP contribution in [0.1, 0.15) is 18.2 Å². The molecule has 1 aliphatic rings. The lowest BCUT2D eigenvalue weighted by molar-refractivity contribution is -0.142. The first kappa shape index (κ1) is 15.1. The van der Waals surface area contributed by atoms with E-state index in [0.717, 1.165) is 12.1 Å². The summed E-state index contributed by atoms with van der Waals surface area (Å²) in [5, 5.41) is 18.1. The first-order chi connectivity index (χ1) is 9.74. The Morgan fingerprint density at radius 1 is 1.48 bits per heavy atom. The van der Waals surface area contributed by atoms with Gasteiger partial charge in [0.05, 0.1) is 11.5 Å². The van der Waals surface area contributed by atoms with Gasteiger partial charge in [0.25, 0.3) is 0 Å². The van der Waals surface area contributed by atoms with Crippen LogP contribution in [0.25, 0.3) is 0 Å². The molecule has 2 atom stereocenters. The summed E-state index contributed by atoms with van der Waals surface area (Å²) in [5.41, 5.74) is -1.09. The molecule has 0 amide bonds. The zero-order chi connectivity index (χ0) is 15.8. The van der Waals surface area contributed by atoms with Gasteiger partial charge in [-0.1, -0.05) is 6.92 Å². The van der Waals surface area contributed by atoms with Gasteiger partial charge in [-0.3, -0.25) is 4.79 Å². The van der Waals surface area contributed by atoms with Crippen molar-refractivity contribution in [2.75, 3.05) is 18.0 Å². The number of rotatable bonds is 2. The van der Waals surface area contributed by atoms with Gasteiger partial charge in [0.2, 0.25) is 0 Å². The Labute approximate surface area is 118 Å². The number of nitrogens with zero attached hydrogens (tertiary/aromatic N) is 3. The summed E-state index contributed by atoms with van der Waals surface area (Å²) in [4.78, 5) is 16.0. The molecule has 0 aliphatic carbocycles. The van der Waals surface area contributed by atoms with Gasteiger partial charge in [-0.2, -0.15) is 18.4 Å². The van der Waals surface area contributed by atoms with E-state index in [2.05, 4.69) is 4.98 Å². The van der Waals surface area contributed by atoms with Crippen LogP contribution in [0.3, 0.4) is 0 Å². The molecule has 8 heteroatoms. The molecule has 1 aromatic heterocycles. The molecule has 0 aromatic carbocycles. The van der Waals surface area contributed by atoms with Crippen molar-refractivity contribution < 1.29 is 23.1 Å². The van der Waals surface area contributed by atoms with Gasteiger partial charge in [0.1, 0.15) is 17.6 Å². The van der Waals surface area contributed by atoms with Gasteiger partial charge in [-0.25, -0.2) is 4.98 Å². The number of carbonyl (C=O) groups is 1. The fourth-order valence-electron chi connectivity index (χ4n) is 2.40. The van der Waals surface area contributed by atoms with Crippen LogP contribution < -0.4 is 4.90 Å². The Morgan fingerprint density at radius 3 is 2.62 bits per heavy atom. The maximum Gasteiger partial charge on any atom is 0.433 e. The number of nitriles is 1. The Kier molecular flexibility index (Phi) is 3.77. The fourth-order valence-corrected chi connectivity index (χ4v) is 2.40. The van der Waals surface area contributed by atoms with Gasteiger partial charge >= 0.3 is 12.1 Å². The lowest BCUT2D eigenvalue weighted by Crippen LogP contribution is -2.25. The number of carboxylic acid groups (broad SMARTS) is 1. The molecule has 1 saturated heterocycles. The Hall–Kier alpha value is -2.30. The summed E-state index contributed by atoms with van der Waals surface area (Å²) in [6.45, 7) is 2.00. The molecule has 0 radical (unpaired) electrons. The van der Waals surface area contributed by atoms with E-state index in [1.165, 1.54) is 4.90 Å². The highest BCUT2D eigenvalue weighted by Crippen LogP contribution is 2.33. The third-order valence-corrected chi connectivity index (χ3v) is 3.52. The standard InChI is InChI=1S/C13H12F3N3O2/c1-7-5-19(6-9(7)12(20)21)11-8(4-17)2-3-10(18-11)13(14,15)16/h2-3,7,9H,5-6H2,1H3,(H,20,21). The minimum atomic E-state index is -4.61. The first-order valence-corrected chi connectivity index (χ1v) is 6.20. The number of alkyl halides is 3. The molecule has 1 aromatic rings. The Bertz CT molecular complexity index is 610. The molecular weight excluding hydrogens is 287 g/mol. The molecule has 1 aliphatic heterocycles. The van der Waals surface area contributed by atoms with Crippen LogP contribution in [0.15, 0.2) is 12.1 Å². The van der Waals surface area contributed by atoms with E-state index in [1.54, 1.807) is 13.0 Å². The Balaban J connectivity index is 2.40. The monoisotopic (exact) mass is 299 g/mol. The zero-order valence-electron chi connectivity index (χ0n) is 11.1. The van der Waals surface area contributed by atoms with E-state index >= 15 is 0 Å². The highest BCUT2D eigenvalue weighted by Gasteiger charge is 2.38. The molecule has 0 spiro atoms. The van der Waals surface area contributed by atoms with Gasteiger partial charge < -0.3 is 10.0 Å². The minimum absolute atomic E-state index is 0.00115. The SMILES string of the molecule is CC1CN(c2nc(C(F)(F)F)ccc2C#N)CC1C(=O)O. The highest BCUT2D eigenvalue weighted by molar-refractivity contribution is 5.72. The lowest BCUT2D eigenvalue weighted by Gasteiger charge is -2.19. The largest absolute Gasteiger partial charge is 0.481 e. The van der Waals surface area contributed by atoms with Crippen molar-refractivity contribution in [1.29, 1.82) is 5.26 Å².